The Bertz CT molecular complexity index is 969. The lowest BCUT2D eigenvalue weighted by Gasteiger charge is -2.42. The van der Waals surface area contributed by atoms with Crippen LogP contribution in [-0.2, 0) is 28.5 Å². The molecule has 0 aromatic rings. The summed E-state index contributed by atoms with van der Waals surface area (Å²) in [5, 5.41) is 80.3. The molecule has 0 aromatic heterocycles. The number of unbranched alkanes of at least 4 members (excludes halogenated alkanes) is 2. The molecule has 2 heterocycles. The second kappa shape index (κ2) is 23.3. The first-order valence-corrected chi connectivity index (χ1v) is 16.3. The molecular weight excluding hydrogens is 620 g/mol. The molecule has 0 radical (unpaired) electrons. The molecule has 0 saturated carbocycles. The molecule has 0 bridgehead atoms. The third-order valence-electron chi connectivity index (χ3n) is 7.55. The maximum absolute atomic E-state index is 12.0. The van der Waals surface area contributed by atoms with Crippen molar-refractivity contribution in [3.63, 3.8) is 0 Å². The van der Waals surface area contributed by atoms with Crippen LogP contribution in [0.25, 0.3) is 0 Å². The molecule has 2 fully saturated rings. The van der Waals surface area contributed by atoms with Crippen molar-refractivity contribution in [1.82, 2.24) is 0 Å². The van der Waals surface area contributed by atoms with Crippen molar-refractivity contribution in [3.8, 4) is 0 Å². The minimum Gasteiger partial charge on any atom is -0.463 e. The molecule has 2 aliphatic heterocycles. The summed E-state index contributed by atoms with van der Waals surface area (Å²) in [6, 6.07) is 0. The normalized spacial score (nSPS) is 32.6. The fourth-order valence-electron chi connectivity index (χ4n) is 4.73. The molecule has 8 N–H and O–H groups in total. The summed E-state index contributed by atoms with van der Waals surface area (Å²) in [4.78, 5) is 12.0. The zero-order chi connectivity index (χ0) is 34.6. The lowest BCUT2D eigenvalue weighted by Crippen LogP contribution is -2.61. The van der Waals surface area contributed by atoms with Crippen LogP contribution < -0.4 is 0 Å². The largest absolute Gasteiger partial charge is 0.463 e. The first-order chi connectivity index (χ1) is 22.6. The van der Waals surface area contributed by atoms with Gasteiger partial charge in [-0.1, -0.05) is 55.5 Å². The van der Waals surface area contributed by atoms with Crippen molar-refractivity contribution >= 4 is 5.97 Å². The average Bonchev–Trinajstić information content (AvgIpc) is 3.06. The van der Waals surface area contributed by atoms with E-state index in [1.165, 1.54) is 0 Å². The van der Waals surface area contributed by atoms with Crippen molar-refractivity contribution in [2.24, 2.45) is 0 Å². The fourth-order valence-corrected chi connectivity index (χ4v) is 4.73. The van der Waals surface area contributed by atoms with Crippen LogP contribution in [0.4, 0.5) is 0 Å². The number of aliphatic hydroxyl groups is 8. The fraction of sp³-hybridized carbons (Fsp3) is 0.727. The Morgan fingerprint density at radius 3 is 1.81 bits per heavy atom. The lowest BCUT2D eigenvalue weighted by molar-refractivity contribution is -0.332. The number of rotatable bonds is 21. The minimum atomic E-state index is -1.73. The number of carbonyl (C=O) groups excluding carboxylic acids is 1. The maximum atomic E-state index is 12.0. The summed E-state index contributed by atoms with van der Waals surface area (Å²) in [6.07, 6.45) is 6.35. The van der Waals surface area contributed by atoms with Crippen molar-refractivity contribution in [2.45, 2.75) is 126 Å². The Kier molecular flexibility index (Phi) is 20.4. The number of allylic oxidation sites excluding steroid dienone is 8. The molecule has 0 aliphatic carbocycles. The SMILES string of the molecule is CC/C=C\C/C=C\C/C=C\C/C=C\CCCCC(=O)OC[C@@H](O)CO[C@@H]1O[C@H](CO[C@H]2O[C@H](CO)[C@H](O)[C@H](O)[C@H]2O)[C@H](O)[C@H](O)[C@H]1O. The van der Waals surface area contributed by atoms with E-state index < -0.39 is 93.3 Å². The van der Waals surface area contributed by atoms with Crippen LogP contribution in [-0.4, -0.2) is 141 Å². The Labute approximate surface area is 276 Å². The Hall–Kier alpha value is -2.05. The van der Waals surface area contributed by atoms with Gasteiger partial charge in [-0.3, -0.25) is 4.79 Å². The molecule has 0 unspecified atom stereocenters. The number of hydrogen-bond donors (Lipinski definition) is 8. The zero-order valence-corrected chi connectivity index (χ0v) is 27.0. The molecule has 2 aliphatic rings. The minimum absolute atomic E-state index is 0.186. The Morgan fingerprint density at radius 1 is 0.681 bits per heavy atom. The number of aliphatic hydroxyl groups excluding tert-OH is 8. The maximum Gasteiger partial charge on any atom is 0.305 e. The van der Waals surface area contributed by atoms with E-state index >= 15 is 0 Å². The molecule has 2 saturated heterocycles. The summed E-state index contributed by atoms with van der Waals surface area (Å²) < 4.78 is 26.5. The van der Waals surface area contributed by atoms with Gasteiger partial charge in [0, 0.05) is 6.42 Å². The van der Waals surface area contributed by atoms with Crippen LogP contribution in [0.5, 0.6) is 0 Å². The number of esters is 1. The monoisotopic (exact) mass is 674 g/mol. The highest BCUT2D eigenvalue weighted by molar-refractivity contribution is 5.69. The number of hydrogen-bond acceptors (Lipinski definition) is 14. The van der Waals surface area contributed by atoms with Crippen LogP contribution in [0.2, 0.25) is 0 Å². The number of carbonyl (C=O) groups is 1. The van der Waals surface area contributed by atoms with Crippen LogP contribution >= 0.6 is 0 Å². The Balaban J connectivity index is 1.62. The topological polar surface area (TPSA) is 225 Å². The van der Waals surface area contributed by atoms with E-state index in [4.69, 9.17) is 23.7 Å². The van der Waals surface area contributed by atoms with E-state index in [2.05, 4.69) is 55.5 Å². The van der Waals surface area contributed by atoms with Gasteiger partial charge in [-0.25, -0.2) is 0 Å². The summed E-state index contributed by atoms with van der Waals surface area (Å²) >= 11 is 0. The van der Waals surface area contributed by atoms with Gasteiger partial charge in [0.2, 0.25) is 0 Å². The standard InChI is InChI=1S/C33H54O14/c1-2-3-4-5-6-7-8-9-10-11-12-13-14-15-16-17-25(36)43-19-22(35)20-44-32-31(42)29(40)27(38)24(47-32)21-45-33-30(41)28(39)26(37)23(18-34)46-33/h3-4,6-7,9-10,12-13,22-24,26-35,37-42H,2,5,8,11,14-21H2,1H3/b4-3-,7-6-,10-9-,13-12-/t22-,23-,24-,26+,27+,28+,29+,30-,31-,32-,33+/m1/s1. The molecule has 270 valence electrons. The third-order valence-corrected chi connectivity index (χ3v) is 7.55. The van der Waals surface area contributed by atoms with E-state index in [1.807, 2.05) is 0 Å². The van der Waals surface area contributed by atoms with Crippen LogP contribution in [0.1, 0.15) is 58.3 Å². The quantitative estimate of drug-likeness (QED) is 0.0452. The molecular formula is C33H54O14. The van der Waals surface area contributed by atoms with Gasteiger partial charge >= 0.3 is 5.97 Å². The van der Waals surface area contributed by atoms with Gasteiger partial charge in [0.1, 0.15) is 61.5 Å². The third kappa shape index (κ3) is 14.9. The van der Waals surface area contributed by atoms with Crippen molar-refractivity contribution in [3.05, 3.63) is 48.6 Å². The van der Waals surface area contributed by atoms with Gasteiger partial charge < -0.3 is 64.5 Å². The number of ether oxygens (including phenoxy) is 5. The molecule has 0 aromatic carbocycles. The van der Waals surface area contributed by atoms with Gasteiger partial charge in [0.25, 0.3) is 0 Å². The van der Waals surface area contributed by atoms with E-state index in [0.717, 1.165) is 38.5 Å². The van der Waals surface area contributed by atoms with Gasteiger partial charge in [-0.15, -0.1) is 0 Å². The predicted octanol–water partition coefficient (Wildman–Crippen LogP) is -0.103. The van der Waals surface area contributed by atoms with Crippen LogP contribution in [0.15, 0.2) is 48.6 Å². The molecule has 0 amide bonds. The highest BCUT2D eigenvalue weighted by Gasteiger charge is 2.47. The smallest absolute Gasteiger partial charge is 0.305 e. The van der Waals surface area contributed by atoms with Crippen molar-refractivity contribution in [1.29, 1.82) is 0 Å². The highest BCUT2D eigenvalue weighted by Crippen LogP contribution is 2.26. The van der Waals surface area contributed by atoms with Gasteiger partial charge in [-0.05, 0) is 44.9 Å². The molecule has 14 nitrogen and oxygen atoms in total. The van der Waals surface area contributed by atoms with Crippen molar-refractivity contribution in [2.75, 3.05) is 26.4 Å². The van der Waals surface area contributed by atoms with Crippen molar-refractivity contribution < 1.29 is 69.3 Å². The first kappa shape index (κ1) is 41.1. The summed E-state index contributed by atoms with van der Waals surface area (Å²) in [5.41, 5.74) is 0. The van der Waals surface area contributed by atoms with Gasteiger partial charge in [0.05, 0.1) is 19.8 Å². The van der Waals surface area contributed by atoms with Gasteiger partial charge in [-0.2, -0.15) is 0 Å². The predicted molar refractivity (Wildman–Crippen MR) is 168 cm³/mol. The van der Waals surface area contributed by atoms with E-state index in [1.54, 1.807) is 0 Å². The van der Waals surface area contributed by atoms with E-state index in [9.17, 15) is 45.6 Å². The van der Waals surface area contributed by atoms with Crippen LogP contribution in [0.3, 0.4) is 0 Å². The average molecular weight is 675 g/mol. The highest BCUT2D eigenvalue weighted by atomic mass is 16.7. The van der Waals surface area contributed by atoms with E-state index in [0.29, 0.717) is 6.42 Å². The summed E-state index contributed by atoms with van der Waals surface area (Å²) in [6.45, 7) is 0.119. The molecule has 47 heavy (non-hydrogen) atoms. The lowest BCUT2D eigenvalue weighted by atomic mass is 9.98. The molecule has 0 spiro atoms. The summed E-state index contributed by atoms with van der Waals surface area (Å²) in [7, 11) is 0. The second-order valence-electron chi connectivity index (χ2n) is 11.5. The molecule has 14 heteroatoms. The molecule has 11 atom stereocenters. The van der Waals surface area contributed by atoms with Crippen LogP contribution in [0, 0.1) is 0 Å². The van der Waals surface area contributed by atoms with E-state index in [-0.39, 0.29) is 13.0 Å². The zero-order valence-electron chi connectivity index (χ0n) is 27.0. The first-order valence-electron chi connectivity index (χ1n) is 16.3. The van der Waals surface area contributed by atoms with Gasteiger partial charge in [0.15, 0.2) is 12.6 Å². The summed E-state index contributed by atoms with van der Waals surface area (Å²) in [5.74, 6) is -0.480. The Morgan fingerprint density at radius 2 is 1.21 bits per heavy atom. The second-order valence-corrected chi connectivity index (χ2v) is 11.5. The molecule has 2 rings (SSSR count).